The van der Waals surface area contributed by atoms with Crippen LogP contribution in [0.4, 0.5) is 13.2 Å². The Labute approximate surface area is 37.5 Å². The number of alkyl halides is 3. The molecule has 0 radical (unpaired) electrons. The van der Waals surface area contributed by atoms with Gasteiger partial charge in [-0.3, -0.25) is 0 Å². The molecule has 0 aliphatic heterocycles. The third kappa shape index (κ3) is 137. The molecule has 0 saturated heterocycles. The molecule has 0 heterocycles. The van der Waals surface area contributed by atoms with Gasteiger partial charge in [0.15, 0.2) is 0 Å². The Morgan fingerprint density at radius 3 is 1.20 bits per heavy atom. The van der Waals surface area contributed by atoms with Crippen LogP contribution >= 0.6 is 0 Å². The van der Waals surface area contributed by atoms with Gasteiger partial charge in [-0.05, 0) is 0 Å². The van der Waals surface area contributed by atoms with Crippen LogP contribution in [0.2, 0.25) is 0 Å². The number of hydrogen-bond acceptors (Lipinski definition) is 0. The second-order valence-corrected chi connectivity index (χ2v) is 1.76. The van der Waals surface area contributed by atoms with Gasteiger partial charge in [0.2, 0.25) is 0 Å². The summed E-state index contributed by atoms with van der Waals surface area (Å²) in [7, 11) is 0. The number of rotatable bonds is 0. The van der Waals surface area contributed by atoms with E-state index in [1.54, 1.807) is 0 Å². The summed E-state index contributed by atoms with van der Waals surface area (Å²) in [6.45, 7) is 0. The van der Waals surface area contributed by atoms with Crippen molar-refractivity contribution in [2.24, 2.45) is 0 Å². The first-order chi connectivity index (χ1) is 2.00. The van der Waals surface area contributed by atoms with Gasteiger partial charge in [0, 0.05) is 0 Å². The van der Waals surface area contributed by atoms with Crippen molar-refractivity contribution in [1.29, 1.82) is 0 Å². The third-order valence-electron chi connectivity index (χ3n) is 0. The molecule has 0 aromatic heterocycles. The van der Waals surface area contributed by atoms with E-state index in [1.807, 2.05) is 0 Å². The van der Waals surface area contributed by atoms with Gasteiger partial charge in [-0.25, -0.2) is 0 Å². The van der Waals surface area contributed by atoms with Crippen molar-refractivity contribution in [2.75, 3.05) is 0 Å². The van der Waals surface area contributed by atoms with Crippen LogP contribution in [0.5, 0.6) is 0 Å². The summed E-state index contributed by atoms with van der Waals surface area (Å²) in [6.07, 6.45) is 0. The number of halogens is 3. The van der Waals surface area contributed by atoms with Crippen LogP contribution in [-0.2, 0) is 18.9 Å². The van der Waals surface area contributed by atoms with Gasteiger partial charge in [0.1, 0.15) is 0 Å². The van der Waals surface area contributed by atoms with Crippen LogP contribution in [0.1, 0.15) is 0 Å². The molecule has 0 nitrogen and oxygen atoms in total. The first-order valence-electron chi connectivity index (χ1n) is 0.734. The van der Waals surface area contributed by atoms with E-state index in [9.17, 15) is 13.2 Å². The minimum absolute atomic E-state index is 0.188. The molecule has 0 aromatic rings. The summed E-state index contributed by atoms with van der Waals surface area (Å²) < 4.78 is 27.1. The van der Waals surface area contributed by atoms with Crippen molar-refractivity contribution in [1.82, 2.24) is 0 Å². The zero-order valence-corrected chi connectivity index (χ0v) is 4.36. The maximum atomic E-state index is 10.4. The van der Waals surface area contributed by atoms with Gasteiger partial charge in [0.05, 0.1) is 0 Å². The predicted octanol–water partition coefficient (Wildman–Crippen LogP) is 1.05. The molecule has 0 rings (SSSR count). The van der Waals surface area contributed by atoms with Gasteiger partial charge in [-0.15, -0.1) is 0 Å². The van der Waals surface area contributed by atoms with Gasteiger partial charge in [-0.1, -0.05) is 0 Å². The van der Waals surface area contributed by atoms with E-state index in [0.717, 1.165) is 0 Å². The van der Waals surface area contributed by atoms with Crippen LogP contribution in [0.15, 0.2) is 0 Å². The molecule has 0 aliphatic carbocycles. The van der Waals surface area contributed by atoms with Crippen LogP contribution in [0.3, 0.4) is 0 Å². The molecule has 5 heavy (non-hydrogen) atoms. The predicted molar refractivity (Wildman–Crippen MR) is 6.05 cm³/mol. The van der Waals surface area contributed by atoms with Crippen molar-refractivity contribution in [3.63, 3.8) is 0 Å². The summed E-state index contributed by atoms with van der Waals surface area (Å²) in [4.78, 5) is 0. The monoisotopic (exact) mass is 262 g/mol. The van der Waals surface area contributed by atoms with Crippen LogP contribution in [0.25, 0.3) is 0 Å². The first-order valence-corrected chi connectivity index (χ1v) is 1.93. The van der Waals surface area contributed by atoms with E-state index in [1.165, 1.54) is 0 Å². The zero-order valence-electron chi connectivity index (χ0n) is 1.97. The Bertz CT molecular complexity index is 22.4. The van der Waals surface area contributed by atoms with Crippen molar-refractivity contribution in [3.05, 3.63) is 0 Å². The van der Waals surface area contributed by atoms with Crippen LogP contribution in [-0.4, -0.2) is 4.69 Å². The molecular formula is CF3Ir. The molecule has 0 atom stereocenters. The molecule has 0 amide bonds. The van der Waals surface area contributed by atoms with E-state index in [-0.39, 0.29) is 18.9 Å². The molecule has 0 saturated carbocycles. The van der Waals surface area contributed by atoms with Gasteiger partial charge in [-0.2, -0.15) is 0 Å². The van der Waals surface area contributed by atoms with E-state index < -0.39 is 4.69 Å². The minimum atomic E-state index is -4.00. The van der Waals surface area contributed by atoms with Gasteiger partial charge in [0.25, 0.3) is 0 Å². The standard InChI is InChI=1S/CF3.Ir/c2-1(3)4;. The van der Waals surface area contributed by atoms with E-state index in [0.29, 0.717) is 0 Å². The average molecular weight is 261 g/mol. The molecule has 0 N–H and O–H groups in total. The quantitative estimate of drug-likeness (QED) is 0.611. The summed E-state index contributed by atoms with van der Waals surface area (Å²) >= 11 is 0.188. The summed E-state index contributed by atoms with van der Waals surface area (Å²) in [5, 5.41) is 0. The summed E-state index contributed by atoms with van der Waals surface area (Å²) in [5.41, 5.74) is 0. The van der Waals surface area contributed by atoms with Crippen molar-refractivity contribution in [3.8, 4) is 0 Å². The van der Waals surface area contributed by atoms with E-state index in [2.05, 4.69) is 0 Å². The Morgan fingerprint density at radius 2 is 1.20 bits per heavy atom. The van der Waals surface area contributed by atoms with Crippen molar-refractivity contribution in [2.45, 2.75) is 4.69 Å². The molecule has 0 aliphatic rings. The Hall–Kier alpha value is 0.439. The fourth-order valence-electron chi connectivity index (χ4n) is 0. The van der Waals surface area contributed by atoms with Crippen molar-refractivity contribution >= 4 is 0 Å². The molecule has 0 fully saturated rings. The molecule has 34 valence electrons. The Morgan fingerprint density at radius 1 is 1.20 bits per heavy atom. The fourth-order valence-corrected chi connectivity index (χ4v) is 0. The second kappa shape index (κ2) is 1.27. The van der Waals surface area contributed by atoms with Crippen LogP contribution in [0, 0.1) is 0 Å². The first kappa shape index (κ1) is 5.44. The summed E-state index contributed by atoms with van der Waals surface area (Å²) in [6, 6.07) is 0. The maximum absolute atomic E-state index is 10.4. The van der Waals surface area contributed by atoms with E-state index >= 15 is 0 Å². The van der Waals surface area contributed by atoms with E-state index in [4.69, 9.17) is 0 Å². The third-order valence-corrected chi connectivity index (χ3v) is 0. The second-order valence-electron chi connectivity index (χ2n) is 0.403. The average Bonchev–Trinajstić information content (AvgIpc) is 0.722. The SMILES string of the molecule is F[C](F)(F)[Ir]. The normalized spacial score (nSPS) is 12.2. The Kier molecular flexibility index (Phi) is 1.38. The number of hydrogen-bond donors (Lipinski definition) is 0. The fraction of sp³-hybridized carbons (Fsp3) is 1.00. The summed E-state index contributed by atoms with van der Waals surface area (Å²) in [5.74, 6) is 0. The molecule has 0 bridgehead atoms. The molecule has 0 unspecified atom stereocenters. The molecule has 0 aromatic carbocycles. The van der Waals surface area contributed by atoms with Crippen LogP contribution < -0.4 is 0 Å². The Balaban J connectivity index is 3.02. The molecular weight excluding hydrogens is 261 g/mol. The topological polar surface area (TPSA) is 0 Å². The molecule has 4 heteroatoms. The zero-order chi connectivity index (χ0) is 4.50. The molecule has 0 spiro atoms. The van der Waals surface area contributed by atoms with Gasteiger partial charge < -0.3 is 0 Å². The van der Waals surface area contributed by atoms with Crippen molar-refractivity contribution < 1.29 is 32.1 Å². The van der Waals surface area contributed by atoms with Gasteiger partial charge >= 0.3 is 36.8 Å².